The number of benzene rings is 2. The first-order valence-corrected chi connectivity index (χ1v) is 8.09. The maximum Gasteiger partial charge on any atom is 0.331 e. The molecule has 0 bridgehead atoms. The molecule has 0 saturated heterocycles. The molecule has 2 aromatic carbocycles. The number of carbonyl (C=O) groups is 1. The third-order valence-electron chi connectivity index (χ3n) is 3.84. The monoisotopic (exact) mass is 352 g/mol. The summed E-state index contributed by atoms with van der Waals surface area (Å²) in [6.45, 7) is 0.648. The molecule has 0 radical (unpaired) electrons. The maximum atomic E-state index is 11.8. The predicted octanol–water partition coefficient (Wildman–Crippen LogP) is 3.41. The van der Waals surface area contributed by atoms with E-state index < -0.39 is 5.97 Å². The van der Waals surface area contributed by atoms with Crippen molar-refractivity contribution in [1.82, 2.24) is 0 Å². The van der Waals surface area contributed by atoms with Crippen molar-refractivity contribution in [3.63, 3.8) is 0 Å². The molecule has 26 heavy (non-hydrogen) atoms. The van der Waals surface area contributed by atoms with Gasteiger partial charge in [-0.2, -0.15) is 0 Å². The van der Waals surface area contributed by atoms with E-state index in [9.17, 15) is 4.79 Å². The average molecular weight is 352 g/mol. The first-order chi connectivity index (χ1) is 12.8. The van der Waals surface area contributed by atoms with Gasteiger partial charge in [0.25, 0.3) is 0 Å². The molecule has 0 atom stereocenters. The van der Waals surface area contributed by atoms with Gasteiger partial charge in [0, 0.05) is 6.08 Å². The van der Waals surface area contributed by atoms with E-state index >= 15 is 0 Å². The van der Waals surface area contributed by atoms with Crippen LogP contribution in [0.25, 0.3) is 12.2 Å². The van der Waals surface area contributed by atoms with E-state index in [4.69, 9.17) is 23.7 Å². The molecular formula is C20H16O6. The summed E-state index contributed by atoms with van der Waals surface area (Å²) in [4.78, 5) is 11.8. The van der Waals surface area contributed by atoms with E-state index in [1.807, 2.05) is 36.4 Å². The number of carbonyl (C=O) groups excluding carboxylic acids is 1. The molecule has 2 heterocycles. The lowest BCUT2D eigenvalue weighted by molar-refractivity contribution is -0.136. The molecule has 0 unspecified atom stereocenters. The van der Waals surface area contributed by atoms with Crippen LogP contribution >= 0.6 is 0 Å². The Hall–Kier alpha value is -3.41. The number of hydrogen-bond acceptors (Lipinski definition) is 6. The zero-order chi connectivity index (χ0) is 17.8. The van der Waals surface area contributed by atoms with E-state index in [-0.39, 0.29) is 20.2 Å². The topological polar surface area (TPSA) is 63.2 Å². The van der Waals surface area contributed by atoms with Crippen molar-refractivity contribution in [2.24, 2.45) is 0 Å². The van der Waals surface area contributed by atoms with Crippen molar-refractivity contribution >= 4 is 18.1 Å². The lowest BCUT2D eigenvalue weighted by atomic mass is 10.2. The molecule has 132 valence electrons. The van der Waals surface area contributed by atoms with Crippen LogP contribution in [0.15, 0.2) is 48.6 Å². The minimum Gasteiger partial charge on any atom is -0.458 e. The molecule has 0 fully saturated rings. The van der Waals surface area contributed by atoms with Crippen LogP contribution in [0, 0.1) is 0 Å². The van der Waals surface area contributed by atoms with Gasteiger partial charge < -0.3 is 23.7 Å². The summed E-state index contributed by atoms with van der Waals surface area (Å²) < 4.78 is 26.3. The highest BCUT2D eigenvalue weighted by molar-refractivity contribution is 5.87. The fourth-order valence-corrected chi connectivity index (χ4v) is 2.56. The summed E-state index contributed by atoms with van der Waals surface area (Å²) in [6, 6.07) is 11.1. The summed E-state index contributed by atoms with van der Waals surface area (Å²) in [7, 11) is 0. The van der Waals surface area contributed by atoms with Gasteiger partial charge in [-0.3, -0.25) is 0 Å². The van der Waals surface area contributed by atoms with Crippen molar-refractivity contribution in [2.75, 3.05) is 20.2 Å². The fraction of sp³-hybridized carbons (Fsp3) is 0.150. The van der Waals surface area contributed by atoms with E-state index in [0.29, 0.717) is 11.5 Å². The molecule has 0 amide bonds. The van der Waals surface area contributed by atoms with E-state index in [2.05, 4.69) is 0 Å². The average Bonchev–Trinajstić information content (AvgIpc) is 3.31. The van der Waals surface area contributed by atoms with Gasteiger partial charge in [-0.05, 0) is 47.5 Å². The molecule has 6 heteroatoms. The Balaban J connectivity index is 1.27. The second kappa shape index (κ2) is 7.23. The first-order valence-electron chi connectivity index (χ1n) is 8.09. The highest BCUT2D eigenvalue weighted by Gasteiger charge is 2.13. The van der Waals surface area contributed by atoms with Crippen LogP contribution in [-0.2, 0) is 9.53 Å². The summed E-state index contributed by atoms with van der Waals surface area (Å²) in [5, 5.41) is 0. The van der Waals surface area contributed by atoms with Gasteiger partial charge in [0.15, 0.2) is 23.0 Å². The zero-order valence-electron chi connectivity index (χ0n) is 13.8. The van der Waals surface area contributed by atoms with Crippen LogP contribution in [0.5, 0.6) is 23.0 Å². The molecule has 0 N–H and O–H groups in total. The minimum atomic E-state index is -0.419. The summed E-state index contributed by atoms with van der Waals surface area (Å²) in [6.07, 6.45) is 6.68. The Morgan fingerprint density at radius 2 is 1.42 bits per heavy atom. The molecule has 0 saturated carbocycles. The van der Waals surface area contributed by atoms with Crippen LogP contribution in [-0.4, -0.2) is 26.2 Å². The second-order valence-corrected chi connectivity index (χ2v) is 5.59. The lowest BCUT2D eigenvalue weighted by Gasteiger charge is -1.99. The number of ether oxygens (including phenoxy) is 5. The third kappa shape index (κ3) is 3.64. The number of fused-ring (bicyclic) bond motifs is 2. The molecular weight excluding hydrogens is 336 g/mol. The highest BCUT2D eigenvalue weighted by atomic mass is 16.7. The van der Waals surface area contributed by atoms with Crippen LogP contribution in [0.3, 0.4) is 0 Å². The quantitative estimate of drug-likeness (QED) is 0.607. The van der Waals surface area contributed by atoms with Crippen molar-refractivity contribution < 1.29 is 28.5 Å². The molecule has 2 aliphatic heterocycles. The van der Waals surface area contributed by atoms with Gasteiger partial charge in [-0.1, -0.05) is 18.2 Å². The van der Waals surface area contributed by atoms with Crippen LogP contribution < -0.4 is 18.9 Å². The Morgan fingerprint density at radius 3 is 2.08 bits per heavy atom. The van der Waals surface area contributed by atoms with Crippen molar-refractivity contribution in [1.29, 1.82) is 0 Å². The van der Waals surface area contributed by atoms with Crippen molar-refractivity contribution in [3.05, 3.63) is 59.7 Å². The Morgan fingerprint density at radius 1 is 0.846 bits per heavy atom. The minimum absolute atomic E-state index is 0.179. The fourth-order valence-electron chi connectivity index (χ4n) is 2.56. The van der Waals surface area contributed by atoms with E-state index in [0.717, 1.165) is 22.6 Å². The van der Waals surface area contributed by atoms with E-state index in [1.165, 1.54) is 6.08 Å². The van der Waals surface area contributed by atoms with Crippen molar-refractivity contribution in [3.8, 4) is 23.0 Å². The van der Waals surface area contributed by atoms with Gasteiger partial charge in [0.1, 0.15) is 6.61 Å². The Kier molecular flexibility index (Phi) is 4.47. The largest absolute Gasteiger partial charge is 0.458 e. The molecule has 6 nitrogen and oxygen atoms in total. The molecule has 2 aliphatic rings. The zero-order valence-corrected chi connectivity index (χ0v) is 13.8. The normalized spacial score (nSPS) is 14.3. The van der Waals surface area contributed by atoms with Crippen LogP contribution in [0.1, 0.15) is 11.1 Å². The van der Waals surface area contributed by atoms with Gasteiger partial charge in [-0.25, -0.2) is 4.79 Å². The molecule has 0 aliphatic carbocycles. The van der Waals surface area contributed by atoms with E-state index in [1.54, 1.807) is 18.2 Å². The SMILES string of the molecule is O=C(C=Cc1ccc2c(c1)OCO2)OC/C=C/c1ccc2c(c1)OCO2. The molecule has 0 spiro atoms. The highest BCUT2D eigenvalue weighted by Crippen LogP contribution is 2.33. The Labute approximate surface area is 150 Å². The van der Waals surface area contributed by atoms with Crippen molar-refractivity contribution in [2.45, 2.75) is 0 Å². The second-order valence-electron chi connectivity index (χ2n) is 5.59. The maximum absolute atomic E-state index is 11.8. The summed E-state index contributed by atoms with van der Waals surface area (Å²) in [5.74, 6) is 2.42. The number of esters is 1. The third-order valence-corrected chi connectivity index (χ3v) is 3.84. The van der Waals surface area contributed by atoms with Gasteiger partial charge in [0.05, 0.1) is 0 Å². The van der Waals surface area contributed by atoms with Gasteiger partial charge in [0.2, 0.25) is 13.6 Å². The van der Waals surface area contributed by atoms with Gasteiger partial charge in [-0.15, -0.1) is 0 Å². The number of rotatable bonds is 5. The first kappa shape index (κ1) is 16.1. The van der Waals surface area contributed by atoms with Crippen LogP contribution in [0.4, 0.5) is 0 Å². The predicted molar refractivity (Wildman–Crippen MR) is 94.2 cm³/mol. The Bertz CT molecular complexity index is 884. The lowest BCUT2D eigenvalue weighted by Crippen LogP contribution is -1.99. The molecule has 0 aromatic heterocycles. The van der Waals surface area contributed by atoms with Gasteiger partial charge >= 0.3 is 5.97 Å². The smallest absolute Gasteiger partial charge is 0.331 e. The summed E-state index contributed by atoms with van der Waals surface area (Å²) in [5.41, 5.74) is 1.78. The molecule has 4 rings (SSSR count). The summed E-state index contributed by atoms with van der Waals surface area (Å²) >= 11 is 0. The standard InChI is InChI=1S/C20H16O6/c21-20(8-5-15-4-7-17-19(11-15)26-13-24-17)22-9-1-2-14-3-6-16-18(10-14)25-12-23-16/h1-8,10-11H,9,12-13H2/b2-1+,8-5?. The number of hydrogen-bond donors (Lipinski definition) is 0. The molecule has 2 aromatic rings. The van der Waals surface area contributed by atoms with Crippen LogP contribution in [0.2, 0.25) is 0 Å².